The summed E-state index contributed by atoms with van der Waals surface area (Å²) in [6, 6.07) is 0. The molecular weight excluding hydrogens is 374 g/mol. The van der Waals surface area contributed by atoms with Crippen LogP contribution in [-0.2, 0) is 29.4 Å². The molecule has 0 bridgehead atoms. The molecule has 0 unspecified atom stereocenters. The number of aryl methyl sites for hydroxylation is 1. The van der Waals surface area contributed by atoms with Gasteiger partial charge in [0.15, 0.2) is 0 Å². The lowest BCUT2D eigenvalue weighted by molar-refractivity contribution is -0.111. The number of hydrogen-bond acceptors (Lipinski definition) is 5. The van der Waals surface area contributed by atoms with Crippen molar-refractivity contribution in [1.82, 2.24) is 9.78 Å². The Morgan fingerprint density at radius 3 is 2.86 bits per heavy atom. The van der Waals surface area contributed by atoms with E-state index in [0.29, 0.717) is 23.1 Å². The van der Waals surface area contributed by atoms with E-state index in [1.54, 1.807) is 23.9 Å². The Morgan fingerprint density at radius 1 is 1.43 bits per heavy atom. The highest BCUT2D eigenvalue weighted by molar-refractivity contribution is 7.17. The highest BCUT2D eigenvalue weighted by atomic mass is 32.1. The van der Waals surface area contributed by atoms with E-state index in [2.05, 4.69) is 17.3 Å². The average molecular weight is 402 g/mol. The fourth-order valence-electron chi connectivity index (χ4n) is 3.51. The molecule has 2 heterocycles. The van der Waals surface area contributed by atoms with Crippen LogP contribution in [0.5, 0.6) is 0 Å². The first-order valence-corrected chi connectivity index (χ1v) is 10.6. The first-order valence-electron chi connectivity index (χ1n) is 9.73. The second-order valence-electron chi connectivity index (χ2n) is 7.08. The molecule has 0 saturated heterocycles. The van der Waals surface area contributed by atoms with E-state index in [0.717, 1.165) is 42.5 Å². The maximum absolute atomic E-state index is 12.6. The number of anilines is 1. The molecule has 2 aromatic heterocycles. The van der Waals surface area contributed by atoms with E-state index in [4.69, 9.17) is 4.74 Å². The van der Waals surface area contributed by atoms with Crippen LogP contribution in [0.15, 0.2) is 12.3 Å². The third-order valence-corrected chi connectivity index (χ3v) is 6.52. The zero-order valence-electron chi connectivity index (χ0n) is 16.9. The molecule has 0 aromatic carbocycles. The fraction of sp³-hybridized carbons (Fsp3) is 0.476. The van der Waals surface area contributed by atoms with Crippen molar-refractivity contribution in [3.8, 4) is 0 Å². The number of ether oxygens (including phenoxy) is 1. The van der Waals surface area contributed by atoms with Crippen LogP contribution < -0.4 is 5.32 Å². The standard InChI is InChI=1S/C21H27N3O3S/c1-5-14-7-9-16-17(11-14)28-20(19(16)21(26)27-6-2)23-18(25)10-8-15-12-22-24(4)13(15)3/h8,10,12,14H,5-7,9,11H2,1-4H3,(H,23,25)/b10-8+/t14-/m1/s1. The SMILES string of the molecule is CCOC(=O)c1c(NC(=O)/C=C/c2cnn(C)c2C)sc2c1CC[C@@H](CC)C2. The molecule has 0 radical (unpaired) electrons. The Labute approximate surface area is 169 Å². The van der Waals surface area contributed by atoms with Crippen LogP contribution in [0.2, 0.25) is 0 Å². The Morgan fingerprint density at radius 2 is 2.21 bits per heavy atom. The molecule has 0 fully saturated rings. The molecule has 0 saturated carbocycles. The number of nitrogens with zero attached hydrogens (tertiary/aromatic N) is 2. The highest BCUT2D eigenvalue weighted by Crippen LogP contribution is 2.40. The zero-order valence-corrected chi connectivity index (χ0v) is 17.7. The van der Waals surface area contributed by atoms with Crippen molar-refractivity contribution in [1.29, 1.82) is 0 Å². The number of fused-ring (bicyclic) bond motifs is 1. The second kappa shape index (κ2) is 8.73. The second-order valence-corrected chi connectivity index (χ2v) is 8.18. The van der Waals surface area contributed by atoms with Crippen molar-refractivity contribution in [3.05, 3.63) is 39.5 Å². The Hall–Kier alpha value is -2.41. The quantitative estimate of drug-likeness (QED) is 0.583. The van der Waals surface area contributed by atoms with Crippen LogP contribution in [0.4, 0.5) is 5.00 Å². The van der Waals surface area contributed by atoms with Crippen molar-refractivity contribution in [2.45, 2.75) is 46.5 Å². The normalized spacial score (nSPS) is 16.2. The number of esters is 1. The van der Waals surface area contributed by atoms with Crippen molar-refractivity contribution in [2.24, 2.45) is 13.0 Å². The topological polar surface area (TPSA) is 73.2 Å². The molecule has 1 atom stereocenters. The smallest absolute Gasteiger partial charge is 0.341 e. The van der Waals surface area contributed by atoms with E-state index in [-0.39, 0.29) is 11.9 Å². The van der Waals surface area contributed by atoms with Crippen molar-refractivity contribution >= 4 is 34.3 Å². The van der Waals surface area contributed by atoms with Crippen LogP contribution in [-0.4, -0.2) is 28.3 Å². The summed E-state index contributed by atoms with van der Waals surface area (Å²) in [5.41, 5.74) is 3.46. The summed E-state index contributed by atoms with van der Waals surface area (Å²) < 4.78 is 7.02. The molecule has 6 nitrogen and oxygen atoms in total. The Kier molecular flexibility index (Phi) is 6.34. The van der Waals surface area contributed by atoms with Crippen molar-refractivity contribution < 1.29 is 14.3 Å². The maximum atomic E-state index is 12.6. The van der Waals surface area contributed by atoms with Crippen molar-refractivity contribution in [3.63, 3.8) is 0 Å². The number of carbonyl (C=O) groups excluding carboxylic acids is 2. The van der Waals surface area contributed by atoms with E-state index >= 15 is 0 Å². The monoisotopic (exact) mass is 401 g/mol. The summed E-state index contributed by atoms with van der Waals surface area (Å²) in [6.45, 7) is 6.25. The number of rotatable bonds is 6. The lowest BCUT2D eigenvalue weighted by Gasteiger charge is -2.20. The molecular formula is C21H27N3O3S. The minimum absolute atomic E-state index is 0.264. The molecule has 28 heavy (non-hydrogen) atoms. The predicted molar refractivity (Wildman–Crippen MR) is 112 cm³/mol. The molecule has 1 N–H and O–H groups in total. The first kappa shape index (κ1) is 20.3. The number of aromatic nitrogens is 2. The van der Waals surface area contributed by atoms with Crippen LogP contribution in [0.3, 0.4) is 0 Å². The lowest BCUT2D eigenvalue weighted by Crippen LogP contribution is -2.16. The molecule has 3 rings (SSSR count). The lowest BCUT2D eigenvalue weighted by atomic mass is 9.85. The van der Waals surface area contributed by atoms with Gasteiger partial charge in [0.1, 0.15) is 5.00 Å². The van der Waals surface area contributed by atoms with Crippen LogP contribution in [0.25, 0.3) is 6.08 Å². The molecule has 7 heteroatoms. The largest absolute Gasteiger partial charge is 0.462 e. The van der Waals surface area contributed by atoms with Gasteiger partial charge in [0, 0.05) is 29.3 Å². The van der Waals surface area contributed by atoms with Gasteiger partial charge in [0.25, 0.3) is 0 Å². The molecule has 1 aliphatic carbocycles. The van der Waals surface area contributed by atoms with E-state index in [1.165, 1.54) is 22.3 Å². The predicted octanol–water partition coefficient (Wildman–Crippen LogP) is 4.13. The summed E-state index contributed by atoms with van der Waals surface area (Å²) in [5, 5.41) is 7.67. The van der Waals surface area contributed by atoms with Crippen LogP contribution >= 0.6 is 11.3 Å². The summed E-state index contributed by atoms with van der Waals surface area (Å²) >= 11 is 1.51. The van der Waals surface area contributed by atoms with E-state index in [9.17, 15) is 9.59 Å². The van der Waals surface area contributed by atoms with E-state index in [1.807, 2.05) is 14.0 Å². The third kappa shape index (κ3) is 4.19. The Bertz CT molecular complexity index is 910. The van der Waals surface area contributed by atoms with Gasteiger partial charge in [-0.05, 0) is 50.7 Å². The maximum Gasteiger partial charge on any atom is 0.341 e. The fourth-order valence-corrected chi connectivity index (χ4v) is 4.86. The zero-order chi connectivity index (χ0) is 20.3. The van der Waals surface area contributed by atoms with E-state index < -0.39 is 0 Å². The molecule has 2 aromatic rings. The van der Waals surface area contributed by atoms with Crippen LogP contribution in [0.1, 0.15) is 58.7 Å². The summed E-state index contributed by atoms with van der Waals surface area (Å²) in [7, 11) is 1.86. The highest BCUT2D eigenvalue weighted by Gasteiger charge is 2.29. The summed E-state index contributed by atoms with van der Waals surface area (Å²) in [5.74, 6) is 0.0231. The van der Waals surface area contributed by atoms with Gasteiger partial charge in [-0.3, -0.25) is 9.48 Å². The van der Waals surface area contributed by atoms with Gasteiger partial charge >= 0.3 is 5.97 Å². The molecule has 1 amide bonds. The first-order chi connectivity index (χ1) is 13.4. The summed E-state index contributed by atoms with van der Waals surface area (Å²) in [4.78, 5) is 26.3. The number of hydrogen-bond donors (Lipinski definition) is 1. The number of nitrogens with one attached hydrogen (secondary N) is 1. The Balaban J connectivity index is 1.84. The van der Waals surface area contributed by atoms with Gasteiger partial charge < -0.3 is 10.1 Å². The average Bonchev–Trinajstić information content (AvgIpc) is 3.19. The van der Waals surface area contributed by atoms with Gasteiger partial charge in [-0.1, -0.05) is 13.3 Å². The van der Waals surface area contributed by atoms with Crippen molar-refractivity contribution in [2.75, 3.05) is 11.9 Å². The number of thiophene rings is 1. The minimum atomic E-state index is -0.350. The molecule has 0 aliphatic heterocycles. The van der Waals surface area contributed by atoms with Gasteiger partial charge in [-0.25, -0.2) is 4.79 Å². The minimum Gasteiger partial charge on any atom is -0.462 e. The van der Waals surface area contributed by atoms with Gasteiger partial charge in [-0.15, -0.1) is 11.3 Å². The van der Waals surface area contributed by atoms with Crippen LogP contribution in [0, 0.1) is 12.8 Å². The number of carbonyl (C=O) groups is 2. The van der Waals surface area contributed by atoms with Gasteiger partial charge in [0.2, 0.25) is 5.91 Å². The molecule has 0 spiro atoms. The summed E-state index contributed by atoms with van der Waals surface area (Å²) in [6.07, 6.45) is 8.95. The molecule has 150 valence electrons. The molecule has 1 aliphatic rings. The third-order valence-electron chi connectivity index (χ3n) is 5.35. The number of amides is 1. The van der Waals surface area contributed by atoms with Gasteiger partial charge in [-0.2, -0.15) is 5.10 Å². The van der Waals surface area contributed by atoms with Gasteiger partial charge in [0.05, 0.1) is 18.4 Å².